The molecule has 178 valence electrons. The highest BCUT2D eigenvalue weighted by Gasteiger charge is 2.26. The van der Waals surface area contributed by atoms with Gasteiger partial charge in [-0.1, -0.05) is 71.3 Å². The molecule has 1 unspecified atom stereocenters. The largest absolute Gasteiger partial charge is 0.223 e. The number of allylic oxidation sites excluding steroid dienone is 4. The normalized spacial score (nSPS) is 14.1. The second-order valence-corrected chi connectivity index (χ2v) is 12.8. The minimum absolute atomic E-state index is 0.162. The Balaban J connectivity index is 2.29. The molecule has 0 heterocycles. The summed E-state index contributed by atoms with van der Waals surface area (Å²) in [6.45, 7) is 7.82. The van der Waals surface area contributed by atoms with Crippen molar-refractivity contribution in [3.05, 3.63) is 95.6 Å². The number of rotatable bonds is 11. The van der Waals surface area contributed by atoms with Crippen LogP contribution in [0.1, 0.15) is 47.0 Å². The summed E-state index contributed by atoms with van der Waals surface area (Å²) in [5, 5.41) is -0.762. The van der Waals surface area contributed by atoms with Crippen LogP contribution in [0.15, 0.2) is 105 Å². The first kappa shape index (κ1) is 26.8. The van der Waals surface area contributed by atoms with Crippen molar-refractivity contribution >= 4 is 19.7 Å². The zero-order chi connectivity index (χ0) is 24.5. The quantitative estimate of drug-likeness (QED) is 0.348. The zero-order valence-electron chi connectivity index (χ0n) is 19.9. The molecule has 0 amide bonds. The van der Waals surface area contributed by atoms with Gasteiger partial charge in [0.25, 0.3) is 0 Å². The molecule has 2 aromatic carbocycles. The third-order valence-electron chi connectivity index (χ3n) is 5.31. The van der Waals surface area contributed by atoms with Gasteiger partial charge < -0.3 is 0 Å². The van der Waals surface area contributed by atoms with E-state index in [0.717, 1.165) is 24.0 Å². The molecule has 0 fully saturated rings. The summed E-state index contributed by atoms with van der Waals surface area (Å²) in [5.41, 5.74) is 2.96. The lowest BCUT2D eigenvalue weighted by Crippen LogP contribution is -2.20. The Morgan fingerprint density at radius 1 is 0.758 bits per heavy atom. The van der Waals surface area contributed by atoms with Crippen LogP contribution in [0.2, 0.25) is 0 Å². The standard InChI is InChI=1S/C27H34O4S2/c1-22(2)12-11-13-23(3)20-27(33(30,31)26-16-9-6-10-17-26)21-24(4)18-19-32(28,29)25-14-7-5-8-15-25/h5-10,12,14-18,20,27H,11,13,19,21H2,1-4H3/b23-20+,24-18+. The van der Waals surface area contributed by atoms with Crippen molar-refractivity contribution in [2.75, 3.05) is 5.75 Å². The molecule has 0 radical (unpaired) electrons. The summed E-state index contributed by atoms with van der Waals surface area (Å²) < 4.78 is 52.0. The molecule has 0 saturated carbocycles. The van der Waals surface area contributed by atoms with Gasteiger partial charge in [-0.2, -0.15) is 0 Å². The van der Waals surface area contributed by atoms with Crippen LogP contribution in [0.25, 0.3) is 0 Å². The van der Waals surface area contributed by atoms with Crippen molar-refractivity contribution < 1.29 is 16.8 Å². The van der Waals surface area contributed by atoms with Crippen LogP contribution in [-0.2, 0) is 19.7 Å². The van der Waals surface area contributed by atoms with Crippen LogP contribution in [-0.4, -0.2) is 27.8 Å². The smallest absolute Gasteiger partial charge is 0.185 e. The van der Waals surface area contributed by atoms with Gasteiger partial charge in [0.1, 0.15) is 0 Å². The van der Waals surface area contributed by atoms with Gasteiger partial charge in [0, 0.05) is 0 Å². The van der Waals surface area contributed by atoms with Gasteiger partial charge in [0.2, 0.25) is 0 Å². The Hall–Kier alpha value is -2.44. The van der Waals surface area contributed by atoms with Crippen LogP contribution in [0.5, 0.6) is 0 Å². The van der Waals surface area contributed by atoms with Crippen molar-refractivity contribution in [2.24, 2.45) is 0 Å². The predicted octanol–water partition coefficient (Wildman–Crippen LogP) is 6.33. The average Bonchev–Trinajstić information content (AvgIpc) is 2.78. The van der Waals surface area contributed by atoms with E-state index < -0.39 is 24.9 Å². The molecular weight excluding hydrogens is 452 g/mol. The average molecular weight is 487 g/mol. The number of hydrogen-bond acceptors (Lipinski definition) is 4. The first-order valence-corrected chi connectivity index (χ1v) is 14.3. The molecule has 2 rings (SSSR count). The highest BCUT2D eigenvalue weighted by atomic mass is 32.2. The van der Waals surface area contributed by atoms with Crippen LogP contribution < -0.4 is 0 Å². The second kappa shape index (κ2) is 12.1. The lowest BCUT2D eigenvalue weighted by molar-refractivity contribution is 0.587. The Morgan fingerprint density at radius 2 is 1.30 bits per heavy atom. The van der Waals surface area contributed by atoms with Gasteiger partial charge in [-0.15, -0.1) is 0 Å². The molecule has 0 N–H and O–H groups in total. The first-order chi connectivity index (χ1) is 15.5. The van der Waals surface area contributed by atoms with E-state index >= 15 is 0 Å². The predicted molar refractivity (Wildman–Crippen MR) is 137 cm³/mol. The number of benzene rings is 2. The van der Waals surface area contributed by atoms with E-state index in [1.54, 1.807) is 73.7 Å². The SMILES string of the molecule is CC(C)=CCC/C(C)=C/C(C/C(C)=C/CS(=O)(=O)c1ccccc1)S(=O)(=O)c1ccccc1. The van der Waals surface area contributed by atoms with Crippen LogP contribution in [0, 0.1) is 0 Å². The lowest BCUT2D eigenvalue weighted by Gasteiger charge is -2.16. The maximum atomic E-state index is 13.4. The molecule has 4 nitrogen and oxygen atoms in total. The van der Waals surface area contributed by atoms with Crippen LogP contribution >= 0.6 is 0 Å². The van der Waals surface area contributed by atoms with E-state index in [2.05, 4.69) is 6.08 Å². The minimum Gasteiger partial charge on any atom is -0.223 e. The molecule has 2 aromatic rings. The molecule has 0 saturated heterocycles. The van der Waals surface area contributed by atoms with Crippen molar-refractivity contribution in [3.63, 3.8) is 0 Å². The van der Waals surface area contributed by atoms with E-state index in [1.807, 2.05) is 26.8 Å². The maximum absolute atomic E-state index is 13.4. The molecule has 33 heavy (non-hydrogen) atoms. The zero-order valence-corrected chi connectivity index (χ0v) is 21.5. The number of hydrogen-bond donors (Lipinski definition) is 0. The van der Waals surface area contributed by atoms with E-state index in [1.165, 1.54) is 5.57 Å². The monoisotopic (exact) mass is 486 g/mol. The maximum Gasteiger partial charge on any atom is 0.185 e. The van der Waals surface area contributed by atoms with E-state index in [4.69, 9.17) is 0 Å². The van der Waals surface area contributed by atoms with Gasteiger partial charge in [-0.05, 0) is 71.2 Å². The van der Waals surface area contributed by atoms with Gasteiger partial charge >= 0.3 is 0 Å². The van der Waals surface area contributed by atoms with Gasteiger partial charge in [-0.25, -0.2) is 16.8 Å². The number of sulfone groups is 2. The fraction of sp³-hybridized carbons (Fsp3) is 0.333. The molecule has 0 aliphatic carbocycles. The lowest BCUT2D eigenvalue weighted by atomic mass is 10.1. The van der Waals surface area contributed by atoms with Crippen molar-refractivity contribution in [2.45, 2.75) is 62.0 Å². The molecule has 0 aromatic heterocycles. The van der Waals surface area contributed by atoms with E-state index in [0.29, 0.717) is 0 Å². The Kier molecular flexibility index (Phi) is 9.87. The first-order valence-electron chi connectivity index (χ1n) is 11.1. The molecular formula is C27H34O4S2. The molecule has 1 atom stereocenters. The highest BCUT2D eigenvalue weighted by molar-refractivity contribution is 7.92. The summed E-state index contributed by atoms with van der Waals surface area (Å²) in [5.74, 6) is -0.162. The molecule has 0 bridgehead atoms. The van der Waals surface area contributed by atoms with Gasteiger partial charge in [0.05, 0.1) is 20.8 Å². The van der Waals surface area contributed by atoms with Crippen molar-refractivity contribution in [3.8, 4) is 0 Å². The summed E-state index contributed by atoms with van der Waals surface area (Å²) in [4.78, 5) is 0.533. The van der Waals surface area contributed by atoms with Crippen molar-refractivity contribution in [1.29, 1.82) is 0 Å². The highest BCUT2D eigenvalue weighted by Crippen LogP contribution is 2.25. The summed E-state index contributed by atoms with van der Waals surface area (Å²) >= 11 is 0. The van der Waals surface area contributed by atoms with Crippen molar-refractivity contribution in [1.82, 2.24) is 0 Å². The summed E-state index contributed by atoms with van der Waals surface area (Å²) in [6.07, 6.45) is 7.45. The van der Waals surface area contributed by atoms with Gasteiger partial charge in [-0.3, -0.25) is 0 Å². The summed E-state index contributed by atoms with van der Waals surface area (Å²) in [7, 11) is -7.09. The second-order valence-electron chi connectivity index (χ2n) is 8.58. The molecule has 0 aliphatic heterocycles. The Labute approximate surface area is 199 Å². The topological polar surface area (TPSA) is 68.3 Å². The minimum atomic E-state index is -3.62. The fourth-order valence-corrected chi connectivity index (χ4v) is 6.46. The molecule has 6 heteroatoms. The molecule has 0 aliphatic rings. The fourth-order valence-electron chi connectivity index (χ4n) is 3.41. The van der Waals surface area contributed by atoms with E-state index in [9.17, 15) is 16.8 Å². The van der Waals surface area contributed by atoms with Gasteiger partial charge in [0.15, 0.2) is 19.7 Å². The Bertz CT molecular complexity index is 1200. The Morgan fingerprint density at radius 3 is 1.85 bits per heavy atom. The van der Waals surface area contributed by atoms with Crippen LogP contribution in [0.4, 0.5) is 0 Å². The van der Waals surface area contributed by atoms with E-state index in [-0.39, 0.29) is 22.0 Å². The van der Waals surface area contributed by atoms with Crippen LogP contribution in [0.3, 0.4) is 0 Å². The third-order valence-corrected chi connectivity index (χ3v) is 8.93. The third kappa shape index (κ3) is 8.45. The summed E-state index contributed by atoms with van der Waals surface area (Å²) in [6, 6.07) is 16.7. The molecule has 0 spiro atoms.